The number of carboxylic acid groups (broad SMARTS) is 1. The van der Waals surface area contributed by atoms with Crippen LogP contribution in [0.15, 0.2) is 0 Å². The number of ketones is 1. The molecule has 1 unspecified atom stereocenters. The van der Waals surface area contributed by atoms with E-state index in [1.165, 1.54) is 0 Å². The molecule has 0 aliphatic carbocycles. The van der Waals surface area contributed by atoms with Crippen LogP contribution in [-0.4, -0.2) is 41.4 Å². The van der Waals surface area contributed by atoms with Crippen LogP contribution < -0.4 is 0 Å². The van der Waals surface area contributed by atoms with E-state index in [0.29, 0.717) is 19.5 Å². The van der Waals surface area contributed by atoms with Crippen LogP contribution >= 0.6 is 0 Å². The number of carbonyl (C=O) groups excluding carboxylic acids is 1. The fourth-order valence-electron chi connectivity index (χ4n) is 1.40. The van der Waals surface area contributed by atoms with Crippen molar-refractivity contribution in [3.8, 4) is 0 Å². The molecule has 1 aliphatic rings. The van der Waals surface area contributed by atoms with E-state index in [1.54, 1.807) is 0 Å². The van der Waals surface area contributed by atoms with E-state index in [1.807, 2.05) is 11.8 Å². The Morgan fingerprint density at radius 2 is 2.42 bits per heavy atom. The molecule has 1 atom stereocenters. The molecule has 0 bridgehead atoms. The molecule has 68 valence electrons. The SMILES string of the molecule is CCN1CCC(=O)C(C(=O)O)C1. The van der Waals surface area contributed by atoms with Gasteiger partial charge in [-0.05, 0) is 6.54 Å². The highest BCUT2D eigenvalue weighted by molar-refractivity contribution is 5.99. The van der Waals surface area contributed by atoms with Crippen LogP contribution in [0, 0.1) is 5.92 Å². The number of aliphatic carboxylic acids is 1. The molecule has 0 saturated carbocycles. The summed E-state index contributed by atoms with van der Waals surface area (Å²) in [7, 11) is 0. The molecule has 0 spiro atoms. The Labute approximate surface area is 71.2 Å². The largest absolute Gasteiger partial charge is 0.481 e. The standard InChI is InChI=1S/C8H13NO3/c1-2-9-4-3-7(10)6(5-9)8(11)12/h6H,2-5H2,1H3,(H,11,12). The van der Waals surface area contributed by atoms with Gasteiger partial charge < -0.3 is 10.0 Å². The fourth-order valence-corrected chi connectivity index (χ4v) is 1.40. The Hall–Kier alpha value is -0.900. The molecule has 4 heteroatoms. The monoisotopic (exact) mass is 171 g/mol. The summed E-state index contributed by atoms with van der Waals surface area (Å²) in [6.45, 7) is 3.87. The second-order valence-corrected chi connectivity index (χ2v) is 3.00. The van der Waals surface area contributed by atoms with Crippen LogP contribution in [0.5, 0.6) is 0 Å². The van der Waals surface area contributed by atoms with Gasteiger partial charge in [0.2, 0.25) is 0 Å². The zero-order valence-corrected chi connectivity index (χ0v) is 7.12. The first-order chi connectivity index (χ1) is 5.65. The van der Waals surface area contributed by atoms with E-state index >= 15 is 0 Å². The summed E-state index contributed by atoms with van der Waals surface area (Å²) in [5.41, 5.74) is 0. The van der Waals surface area contributed by atoms with Gasteiger partial charge in [-0.15, -0.1) is 0 Å². The number of nitrogens with zero attached hydrogens (tertiary/aromatic N) is 1. The third kappa shape index (κ3) is 1.82. The predicted molar refractivity (Wildman–Crippen MR) is 42.9 cm³/mol. The van der Waals surface area contributed by atoms with E-state index in [4.69, 9.17) is 5.11 Å². The number of piperidine rings is 1. The molecule has 4 nitrogen and oxygen atoms in total. The van der Waals surface area contributed by atoms with Crippen molar-refractivity contribution in [3.05, 3.63) is 0 Å². The molecule has 1 saturated heterocycles. The maximum absolute atomic E-state index is 11.1. The maximum Gasteiger partial charge on any atom is 0.315 e. The van der Waals surface area contributed by atoms with Crippen LogP contribution in [0.2, 0.25) is 0 Å². The highest BCUT2D eigenvalue weighted by Crippen LogP contribution is 2.12. The van der Waals surface area contributed by atoms with E-state index in [-0.39, 0.29) is 5.78 Å². The summed E-state index contributed by atoms with van der Waals surface area (Å²) in [4.78, 5) is 23.7. The number of rotatable bonds is 2. The molecule has 1 fully saturated rings. The zero-order valence-electron chi connectivity index (χ0n) is 7.12. The Morgan fingerprint density at radius 1 is 1.75 bits per heavy atom. The molecular weight excluding hydrogens is 158 g/mol. The topological polar surface area (TPSA) is 57.6 Å². The van der Waals surface area contributed by atoms with Gasteiger partial charge in [0.05, 0.1) is 0 Å². The van der Waals surface area contributed by atoms with E-state index < -0.39 is 11.9 Å². The lowest BCUT2D eigenvalue weighted by molar-refractivity contribution is -0.148. The molecule has 1 heterocycles. The first kappa shape index (κ1) is 9.19. The highest BCUT2D eigenvalue weighted by atomic mass is 16.4. The third-order valence-electron chi connectivity index (χ3n) is 2.25. The van der Waals surface area contributed by atoms with Crippen molar-refractivity contribution in [1.29, 1.82) is 0 Å². The van der Waals surface area contributed by atoms with Gasteiger partial charge in [-0.2, -0.15) is 0 Å². The van der Waals surface area contributed by atoms with Gasteiger partial charge in [-0.1, -0.05) is 6.92 Å². The minimum atomic E-state index is -0.988. The zero-order chi connectivity index (χ0) is 9.14. The predicted octanol–water partition coefficient (Wildman–Crippen LogP) is -0.0181. The molecule has 1 rings (SSSR count). The molecule has 0 aromatic heterocycles. The molecule has 1 N–H and O–H groups in total. The van der Waals surface area contributed by atoms with E-state index in [0.717, 1.165) is 6.54 Å². The van der Waals surface area contributed by atoms with Gasteiger partial charge in [0.15, 0.2) is 0 Å². The number of Topliss-reactive ketones (excluding diaryl/α,β-unsaturated/α-hetero) is 1. The summed E-state index contributed by atoms with van der Waals surface area (Å²) >= 11 is 0. The van der Waals surface area contributed by atoms with Crippen LogP contribution in [0.4, 0.5) is 0 Å². The van der Waals surface area contributed by atoms with Crippen LogP contribution in [0.3, 0.4) is 0 Å². The number of hydrogen-bond donors (Lipinski definition) is 1. The third-order valence-corrected chi connectivity index (χ3v) is 2.25. The van der Waals surface area contributed by atoms with Crippen LogP contribution in [0.25, 0.3) is 0 Å². The van der Waals surface area contributed by atoms with Gasteiger partial charge in [0, 0.05) is 19.5 Å². The average Bonchev–Trinajstić information content (AvgIpc) is 2.05. The highest BCUT2D eigenvalue weighted by Gasteiger charge is 2.31. The molecule has 1 aliphatic heterocycles. The molecule has 12 heavy (non-hydrogen) atoms. The number of carbonyl (C=O) groups is 2. The molecule has 0 aromatic rings. The first-order valence-electron chi connectivity index (χ1n) is 4.13. The molecular formula is C8H13NO3. The fraction of sp³-hybridized carbons (Fsp3) is 0.750. The van der Waals surface area contributed by atoms with E-state index in [9.17, 15) is 9.59 Å². The van der Waals surface area contributed by atoms with Crippen LogP contribution in [-0.2, 0) is 9.59 Å². The van der Waals surface area contributed by atoms with Gasteiger partial charge in [0.1, 0.15) is 11.7 Å². The minimum Gasteiger partial charge on any atom is -0.481 e. The summed E-state index contributed by atoms with van der Waals surface area (Å²) in [6.07, 6.45) is 0.380. The lowest BCUT2D eigenvalue weighted by Gasteiger charge is -2.28. The van der Waals surface area contributed by atoms with Gasteiger partial charge in [-0.25, -0.2) is 0 Å². The smallest absolute Gasteiger partial charge is 0.315 e. The minimum absolute atomic E-state index is 0.132. The van der Waals surface area contributed by atoms with Crippen molar-refractivity contribution in [3.63, 3.8) is 0 Å². The van der Waals surface area contributed by atoms with Gasteiger partial charge in [-0.3, -0.25) is 9.59 Å². The first-order valence-corrected chi connectivity index (χ1v) is 4.13. The molecule has 0 aromatic carbocycles. The second kappa shape index (κ2) is 3.67. The Bertz CT molecular complexity index is 202. The normalized spacial score (nSPS) is 25.8. The van der Waals surface area contributed by atoms with E-state index in [2.05, 4.69) is 0 Å². The van der Waals surface area contributed by atoms with Gasteiger partial charge in [0.25, 0.3) is 0 Å². The number of carboxylic acids is 1. The summed E-state index contributed by atoms with van der Waals surface area (Å²) in [5, 5.41) is 8.67. The molecule has 0 radical (unpaired) electrons. The average molecular weight is 171 g/mol. The van der Waals surface area contributed by atoms with Crippen LogP contribution in [0.1, 0.15) is 13.3 Å². The van der Waals surface area contributed by atoms with Crippen molar-refractivity contribution >= 4 is 11.8 Å². The number of likely N-dealkylation sites (tertiary alicyclic amines) is 1. The second-order valence-electron chi connectivity index (χ2n) is 3.00. The Kier molecular flexibility index (Phi) is 2.81. The quantitative estimate of drug-likeness (QED) is 0.593. The maximum atomic E-state index is 11.1. The number of hydrogen-bond acceptors (Lipinski definition) is 3. The van der Waals surface area contributed by atoms with Crippen molar-refractivity contribution in [2.24, 2.45) is 5.92 Å². The summed E-state index contributed by atoms with van der Waals surface area (Å²) in [6, 6.07) is 0. The molecule has 0 amide bonds. The summed E-state index contributed by atoms with van der Waals surface area (Å²) < 4.78 is 0. The Morgan fingerprint density at radius 3 is 2.92 bits per heavy atom. The van der Waals surface area contributed by atoms with Crippen molar-refractivity contribution in [1.82, 2.24) is 4.90 Å². The lowest BCUT2D eigenvalue weighted by atomic mass is 9.97. The Balaban J connectivity index is 2.59. The van der Waals surface area contributed by atoms with Gasteiger partial charge >= 0.3 is 5.97 Å². The van der Waals surface area contributed by atoms with Crippen molar-refractivity contribution < 1.29 is 14.7 Å². The van der Waals surface area contributed by atoms with Crippen molar-refractivity contribution in [2.75, 3.05) is 19.6 Å². The summed E-state index contributed by atoms with van der Waals surface area (Å²) in [5.74, 6) is -1.91. The lowest BCUT2D eigenvalue weighted by Crippen LogP contribution is -2.43. The van der Waals surface area contributed by atoms with Crippen molar-refractivity contribution in [2.45, 2.75) is 13.3 Å².